The minimum atomic E-state index is 0.0574. The van der Waals surface area contributed by atoms with Gasteiger partial charge < -0.3 is 9.88 Å². The predicted octanol–water partition coefficient (Wildman–Crippen LogP) is 3.36. The smallest absolute Gasteiger partial charge is 0.272 e. The quantitative estimate of drug-likeness (QED) is 0.799. The Morgan fingerprint density at radius 2 is 2.28 bits per heavy atom. The zero-order valence-electron chi connectivity index (χ0n) is 14.4. The molecule has 1 aliphatic rings. The molecule has 4 heterocycles. The summed E-state index contributed by atoms with van der Waals surface area (Å²) in [6.07, 6.45) is 8.71. The average Bonchev–Trinajstić information content (AvgIpc) is 3.09. The van der Waals surface area contributed by atoms with Gasteiger partial charge in [0.2, 0.25) is 0 Å². The van der Waals surface area contributed by atoms with Gasteiger partial charge in [0.1, 0.15) is 11.3 Å². The van der Waals surface area contributed by atoms with Gasteiger partial charge in [0.25, 0.3) is 5.91 Å². The maximum absolute atomic E-state index is 12.8. The fourth-order valence-electron chi connectivity index (χ4n) is 3.71. The van der Waals surface area contributed by atoms with E-state index < -0.39 is 0 Å². The number of hydrogen-bond acceptors (Lipinski definition) is 3. The number of aryl methyl sites for hydroxylation is 1. The van der Waals surface area contributed by atoms with Crippen LogP contribution in [0.4, 0.5) is 0 Å². The molecule has 0 radical (unpaired) electrons. The molecule has 0 unspecified atom stereocenters. The van der Waals surface area contributed by atoms with E-state index in [9.17, 15) is 4.79 Å². The van der Waals surface area contributed by atoms with Crippen LogP contribution in [0, 0.1) is 12.8 Å². The van der Waals surface area contributed by atoms with Crippen molar-refractivity contribution in [1.29, 1.82) is 0 Å². The fourth-order valence-corrected chi connectivity index (χ4v) is 3.71. The highest BCUT2D eigenvalue weighted by atomic mass is 16.2. The van der Waals surface area contributed by atoms with Gasteiger partial charge in [0.05, 0.1) is 0 Å². The Kier molecular flexibility index (Phi) is 4.22. The molecule has 3 aromatic heterocycles. The molecule has 1 N–H and O–H groups in total. The Hall–Kier alpha value is -2.69. The lowest BCUT2D eigenvalue weighted by atomic mass is 9.91. The van der Waals surface area contributed by atoms with Gasteiger partial charge >= 0.3 is 0 Å². The molecule has 5 heteroatoms. The molecule has 25 heavy (non-hydrogen) atoms. The standard InChI is InChI=1S/C20H22N4O/c1-14-4-2-7-21-18(14)20(25)24-9-3-5-15(13-24)10-16-11-17-6-8-22-19(17)23-12-16/h2,4,6-8,11-12,15H,3,5,9-10,13H2,1H3,(H,22,23)/t15-/m1/s1. The zero-order chi connectivity index (χ0) is 17.2. The van der Waals surface area contributed by atoms with Crippen LogP contribution in [-0.4, -0.2) is 38.8 Å². The fraction of sp³-hybridized carbons (Fsp3) is 0.350. The van der Waals surface area contributed by atoms with Gasteiger partial charge in [-0.2, -0.15) is 0 Å². The van der Waals surface area contributed by atoms with E-state index in [0.29, 0.717) is 11.6 Å². The highest BCUT2D eigenvalue weighted by Gasteiger charge is 2.26. The number of H-pyrrole nitrogens is 1. The number of pyridine rings is 2. The lowest BCUT2D eigenvalue weighted by Crippen LogP contribution is -2.41. The number of piperidine rings is 1. The maximum atomic E-state index is 12.8. The minimum absolute atomic E-state index is 0.0574. The van der Waals surface area contributed by atoms with Crippen LogP contribution in [-0.2, 0) is 6.42 Å². The summed E-state index contributed by atoms with van der Waals surface area (Å²) in [6.45, 7) is 3.56. The summed E-state index contributed by atoms with van der Waals surface area (Å²) in [7, 11) is 0. The first-order chi connectivity index (χ1) is 12.2. The Balaban J connectivity index is 1.47. The molecule has 0 aliphatic carbocycles. The molecule has 1 atom stereocenters. The molecule has 1 amide bonds. The van der Waals surface area contributed by atoms with Crippen LogP contribution in [0.1, 0.15) is 34.5 Å². The van der Waals surface area contributed by atoms with E-state index in [1.54, 1.807) is 6.20 Å². The van der Waals surface area contributed by atoms with E-state index in [1.165, 1.54) is 5.56 Å². The van der Waals surface area contributed by atoms with E-state index in [1.807, 2.05) is 42.4 Å². The Morgan fingerprint density at radius 3 is 3.16 bits per heavy atom. The largest absolute Gasteiger partial charge is 0.346 e. The zero-order valence-corrected chi connectivity index (χ0v) is 14.4. The summed E-state index contributed by atoms with van der Waals surface area (Å²) in [5, 5.41) is 1.14. The average molecular weight is 334 g/mol. The second-order valence-corrected chi connectivity index (χ2v) is 6.89. The van der Waals surface area contributed by atoms with Gasteiger partial charge in [-0.15, -0.1) is 0 Å². The monoisotopic (exact) mass is 334 g/mol. The van der Waals surface area contributed by atoms with Crippen LogP contribution in [0.25, 0.3) is 11.0 Å². The number of nitrogens with one attached hydrogen (secondary N) is 1. The number of aromatic nitrogens is 3. The number of hydrogen-bond donors (Lipinski definition) is 1. The van der Waals surface area contributed by atoms with Crippen molar-refractivity contribution < 1.29 is 4.79 Å². The van der Waals surface area contributed by atoms with Crippen molar-refractivity contribution >= 4 is 16.9 Å². The van der Waals surface area contributed by atoms with E-state index in [-0.39, 0.29) is 5.91 Å². The van der Waals surface area contributed by atoms with Crippen molar-refractivity contribution in [3.05, 3.63) is 59.7 Å². The topological polar surface area (TPSA) is 61.9 Å². The van der Waals surface area contributed by atoms with Gasteiger partial charge in [0.15, 0.2) is 0 Å². The molecule has 0 saturated carbocycles. The number of fused-ring (bicyclic) bond motifs is 1. The molecule has 128 valence electrons. The van der Waals surface area contributed by atoms with Crippen molar-refractivity contribution in [1.82, 2.24) is 19.9 Å². The van der Waals surface area contributed by atoms with Gasteiger partial charge in [-0.1, -0.05) is 6.07 Å². The van der Waals surface area contributed by atoms with Crippen LogP contribution >= 0.6 is 0 Å². The molecular formula is C20H22N4O. The third-order valence-corrected chi connectivity index (χ3v) is 5.00. The van der Waals surface area contributed by atoms with E-state index >= 15 is 0 Å². The number of amides is 1. The maximum Gasteiger partial charge on any atom is 0.272 e. The molecular weight excluding hydrogens is 312 g/mol. The molecule has 4 rings (SSSR count). The first kappa shape index (κ1) is 15.8. The predicted molar refractivity (Wildman–Crippen MR) is 97.4 cm³/mol. The summed E-state index contributed by atoms with van der Waals surface area (Å²) in [6, 6.07) is 8.06. The van der Waals surface area contributed by atoms with Crippen LogP contribution in [0.2, 0.25) is 0 Å². The highest BCUT2D eigenvalue weighted by molar-refractivity contribution is 5.93. The van der Waals surface area contributed by atoms with Crippen LogP contribution in [0.5, 0.6) is 0 Å². The normalized spacial score (nSPS) is 17.8. The third kappa shape index (κ3) is 3.27. The third-order valence-electron chi connectivity index (χ3n) is 5.00. The number of aromatic amines is 1. The SMILES string of the molecule is Cc1cccnc1C(=O)N1CCC[C@H](Cc2cnc3[nH]ccc3c2)C1. The van der Waals surface area contributed by atoms with Crippen LogP contribution in [0.3, 0.4) is 0 Å². The molecule has 0 spiro atoms. The van der Waals surface area contributed by atoms with Crippen molar-refractivity contribution in [3.63, 3.8) is 0 Å². The number of carbonyl (C=O) groups excluding carboxylic acids is 1. The van der Waals surface area contributed by atoms with Gasteiger partial charge in [-0.25, -0.2) is 4.98 Å². The molecule has 1 fully saturated rings. The van der Waals surface area contributed by atoms with Crippen molar-refractivity contribution in [2.24, 2.45) is 5.92 Å². The first-order valence-corrected chi connectivity index (χ1v) is 8.83. The van der Waals surface area contributed by atoms with E-state index in [4.69, 9.17) is 0 Å². The highest BCUT2D eigenvalue weighted by Crippen LogP contribution is 2.23. The second kappa shape index (κ2) is 6.67. The summed E-state index contributed by atoms with van der Waals surface area (Å²) in [5.41, 5.74) is 3.69. The molecule has 0 bridgehead atoms. The minimum Gasteiger partial charge on any atom is -0.346 e. The number of rotatable bonds is 3. The number of likely N-dealkylation sites (tertiary alicyclic amines) is 1. The number of nitrogens with zero attached hydrogens (tertiary/aromatic N) is 3. The lowest BCUT2D eigenvalue weighted by molar-refractivity contribution is 0.0666. The summed E-state index contributed by atoms with van der Waals surface area (Å²) >= 11 is 0. The lowest BCUT2D eigenvalue weighted by Gasteiger charge is -2.33. The summed E-state index contributed by atoms with van der Waals surface area (Å²) in [5.74, 6) is 0.530. The molecule has 0 aromatic carbocycles. The van der Waals surface area contributed by atoms with Crippen molar-refractivity contribution in [3.8, 4) is 0 Å². The molecule has 1 saturated heterocycles. The Bertz CT molecular complexity index is 901. The molecule has 3 aromatic rings. The van der Waals surface area contributed by atoms with E-state index in [0.717, 1.165) is 48.9 Å². The van der Waals surface area contributed by atoms with Gasteiger partial charge in [-0.05, 0) is 61.4 Å². The number of carbonyl (C=O) groups is 1. The summed E-state index contributed by atoms with van der Waals surface area (Å²) < 4.78 is 0. The Morgan fingerprint density at radius 1 is 1.36 bits per heavy atom. The molecule has 1 aliphatic heterocycles. The van der Waals surface area contributed by atoms with Crippen LogP contribution < -0.4 is 0 Å². The van der Waals surface area contributed by atoms with Crippen LogP contribution in [0.15, 0.2) is 42.9 Å². The Labute approximate surface area is 147 Å². The summed E-state index contributed by atoms with van der Waals surface area (Å²) in [4.78, 5) is 26.7. The van der Waals surface area contributed by atoms with Crippen molar-refractivity contribution in [2.45, 2.75) is 26.2 Å². The van der Waals surface area contributed by atoms with E-state index in [2.05, 4.69) is 21.0 Å². The first-order valence-electron chi connectivity index (χ1n) is 8.83. The second-order valence-electron chi connectivity index (χ2n) is 6.89. The van der Waals surface area contributed by atoms with Gasteiger partial charge in [0, 0.05) is 37.1 Å². The van der Waals surface area contributed by atoms with Crippen molar-refractivity contribution in [2.75, 3.05) is 13.1 Å². The molecule has 5 nitrogen and oxygen atoms in total. The van der Waals surface area contributed by atoms with Gasteiger partial charge in [-0.3, -0.25) is 9.78 Å².